The Morgan fingerprint density at radius 3 is 2.87 bits per heavy atom. The second kappa shape index (κ2) is 2.82. The van der Waals surface area contributed by atoms with Crippen LogP contribution in [0.2, 0.25) is 0 Å². The quantitative estimate of drug-likeness (QED) is 0.757. The standard InChI is InChI=1S/C10H12N2O3/c13-9(8-3-4-11-15-8)12-5-10(14,6-12)7-1-2-7/h3-4,7,14H,1-2,5-6H2. The number of hydrogen-bond donors (Lipinski definition) is 1. The first-order chi connectivity index (χ1) is 7.19. The minimum atomic E-state index is -0.629. The van der Waals surface area contributed by atoms with Gasteiger partial charge in [-0.25, -0.2) is 0 Å². The number of carbonyl (C=O) groups is 1. The van der Waals surface area contributed by atoms with Crippen molar-refractivity contribution in [3.63, 3.8) is 0 Å². The molecule has 1 N–H and O–H groups in total. The topological polar surface area (TPSA) is 66.6 Å². The molecule has 2 fully saturated rings. The average Bonchev–Trinajstić information content (AvgIpc) is 2.89. The summed E-state index contributed by atoms with van der Waals surface area (Å²) >= 11 is 0. The van der Waals surface area contributed by atoms with Crippen molar-refractivity contribution < 1.29 is 14.4 Å². The number of aromatic nitrogens is 1. The summed E-state index contributed by atoms with van der Waals surface area (Å²) in [4.78, 5) is 13.3. The van der Waals surface area contributed by atoms with Crippen molar-refractivity contribution >= 4 is 5.91 Å². The lowest BCUT2D eigenvalue weighted by molar-refractivity contribution is -0.0966. The molecule has 1 aromatic rings. The first kappa shape index (κ1) is 8.91. The van der Waals surface area contributed by atoms with Crippen LogP contribution in [0.25, 0.3) is 0 Å². The molecule has 0 spiro atoms. The van der Waals surface area contributed by atoms with Crippen LogP contribution in [0.5, 0.6) is 0 Å². The molecule has 5 heteroatoms. The van der Waals surface area contributed by atoms with E-state index in [0.29, 0.717) is 19.0 Å². The van der Waals surface area contributed by atoms with Crippen molar-refractivity contribution in [2.45, 2.75) is 18.4 Å². The van der Waals surface area contributed by atoms with Crippen LogP contribution in [0.1, 0.15) is 23.4 Å². The van der Waals surface area contributed by atoms with Gasteiger partial charge in [0.15, 0.2) is 0 Å². The number of carbonyl (C=O) groups excluding carboxylic acids is 1. The molecule has 15 heavy (non-hydrogen) atoms. The van der Waals surface area contributed by atoms with Crippen molar-refractivity contribution in [2.75, 3.05) is 13.1 Å². The molecule has 0 aromatic carbocycles. The molecule has 1 amide bonds. The van der Waals surface area contributed by atoms with E-state index in [9.17, 15) is 9.90 Å². The van der Waals surface area contributed by atoms with E-state index in [-0.39, 0.29) is 11.7 Å². The molecule has 2 heterocycles. The summed E-state index contributed by atoms with van der Waals surface area (Å²) in [6, 6.07) is 1.54. The minimum absolute atomic E-state index is 0.183. The Balaban J connectivity index is 1.65. The SMILES string of the molecule is O=C(c1ccno1)N1CC(O)(C2CC2)C1. The molecule has 1 aliphatic carbocycles. The van der Waals surface area contributed by atoms with Gasteiger partial charge in [0.2, 0.25) is 5.76 Å². The summed E-state index contributed by atoms with van der Waals surface area (Å²) in [5.74, 6) is 0.460. The maximum atomic E-state index is 11.7. The van der Waals surface area contributed by atoms with E-state index < -0.39 is 5.60 Å². The normalized spacial score (nSPS) is 23.7. The highest BCUT2D eigenvalue weighted by Crippen LogP contribution is 2.44. The molecule has 80 valence electrons. The third kappa shape index (κ3) is 1.34. The number of nitrogens with zero attached hydrogens (tertiary/aromatic N) is 2. The average molecular weight is 208 g/mol. The maximum absolute atomic E-state index is 11.7. The molecule has 0 bridgehead atoms. The van der Waals surface area contributed by atoms with Crippen LogP contribution in [0.4, 0.5) is 0 Å². The fraction of sp³-hybridized carbons (Fsp3) is 0.600. The van der Waals surface area contributed by atoms with Crippen LogP contribution < -0.4 is 0 Å². The molecule has 2 aliphatic rings. The van der Waals surface area contributed by atoms with Crippen LogP contribution in [0.3, 0.4) is 0 Å². The molecule has 1 aromatic heterocycles. The molecular weight excluding hydrogens is 196 g/mol. The van der Waals surface area contributed by atoms with Gasteiger partial charge in [-0.1, -0.05) is 5.16 Å². The van der Waals surface area contributed by atoms with Crippen LogP contribution in [-0.4, -0.2) is 39.8 Å². The zero-order valence-corrected chi connectivity index (χ0v) is 8.22. The Labute approximate surface area is 86.7 Å². The Hall–Kier alpha value is -1.36. The number of amides is 1. The number of likely N-dealkylation sites (tertiary alicyclic amines) is 1. The zero-order valence-electron chi connectivity index (χ0n) is 8.22. The number of β-amino-alcohol motifs (C(OH)–C–C–N with tert-alkyl or cyclic N) is 1. The molecule has 1 aliphatic heterocycles. The van der Waals surface area contributed by atoms with Gasteiger partial charge in [0.05, 0.1) is 19.3 Å². The lowest BCUT2D eigenvalue weighted by atomic mass is 9.88. The highest BCUT2D eigenvalue weighted by atomic mass is 16.5. The summed E-state index contributed by atoms with van der Waals surface area (Å²) in [7, 11) is 0. The van der Waals surface area contributed by atoms with Crippen LogP contribution in [0, 0.1) is 5.92 Å². The van der Waals surface area contributed by atoms with Crippen LogP contribution in [-0.2, 0) is 0 Å². The predicted molar refractivity (Wildman–Crippen MR) is 50.1 cm³/mol. The van der Waals surface area contributed by atoms with Gasteiger partial charge in [-0.05, 0) is 18.8 Å². The highest BCUT2D eigenvalue weighted by Gasteiger charge is 2.53. The molecule has 0 radical (unpaired) electrons. The van der Waals surface area contributed by atoms with Crippen LogP contribution >= 0.6 is 0 Å². The Morgan fingerprint density at radius 1 is 1.60 bits per heavy atom. The summed E-state index contributed by atoms with van der Waals surface area (Å²) in [5, 5.41) is 13.5. The van der Waals surface area contributed by atoms with Gasteiger partial charge < -0.3 is 14.5 Å². The first-order valence-electron chi connectivity index (χ1n) is 5.11. The van der Waals surface area contributed by atoms with E-state index in [2.05, 4.69) is 5.16 Å². The van der Waals surface area contributed by atoms with E-state index in [0.717, 1.165) is 12.8 Å². The summed E-state index contributed by atoms with van der Waals surface area (Å²) in [6.45, 7) is 0.856. The number of rotatable bonds is 2. The van der Waals surface area contributed by atoms with Gasteiger partial charge in [-0.2, -0.15) is 0 Å². The lowest BCUT2D eigenvalue weighted by Crippen LogP contribution is -2.64. The zero-order chi connectivity index (χ0) is 10.5. The van der Waals surface area contributed by atoms with E-state index in [1.807, 2.05) is 0 Å². The Kier molecular flexibility index (Phi) is 1.68. The van der Waals surface area contributed by atoms with Crippen molar-refractivity contribution in [2.24, 2.45) is 5.92 Å². The molecular formula is C10H12N2O3. The summed E-state index contributed by atoms with van der Waals surface area (Å²) in [6.07, 6.45) is 3.61. The van der Waals surface area contributed by atoms with E-state index in [1.54, 1.807) is 4.90 Å². The van der Waals surface area contributed by atoms with Crippen LogP contribution in [0.15, 0.2) is 16.8 Å². The van der Waals surface area contributed by atoms with E-state index >= 15 is 0 Å². The summed E-state index contributed by atoms with van der Waals surface area (Å²) < 4.78 is 4.77. The Bertz CT molecular complexity index is 377. The van der Waals surface area contributed by atoms with Crippen molar-refractivity contribution in [3.8, 4) is 0 Å². The van der Waals surface area contributed by atoms with Crippen molar-refractivity contribution in [1.82, 2.24) is 10.1 Å². The Morgan fingerprint density at radius 2 is 2.33 bits per heavy atom. The van der Waals surface area contributed by atoms with E-state index in [1.165, 1.54) is 12.3 Å². The third-order valence-electron chi connectivity index (χ3n) is 3.20. The minimum Gasteiger partial charge on any atom is -0.386 e. The molecule has 3 rings (SSSR count). The smallest absolute Gasteiger partial charge is 0.292 e. The van der Waals surface area contributed by atoms with Gasteiger partial charge in [0, 0.05) is 6.07 Å². The van der Waals surface area contributed by atoms with E-state index in [4.69, 9.17) is 4.52 Å². The molecule has 5 nitrogen and oxygen atoms in total. The highest BCUT2D eigenvalue weighted by molar-refractivity contribution is 5.92. The predicted octanol–water partition coefficient (Wildman–Crippen LogP) is 0.272. The van der Waals surface area contributed by atoms with Gasteiger partial charge in [0.1, 0.15) is 5.60 Å². The maximum Gasteiger partial charge on any atom is 0.292 e. The van der Waals surface area contributed by atoms with Gasteiger partial charge in [0.25, 0.3) is 5.91 Å². The number of hydrogen-bond acceptors (Lipinski definition) is 4. The largest absolute Gasteiger partial charge is 0.386 e. The third-order valence-corrected chi connectivity index (χ3v) is 3.20. The molecule has 0 atom stereocenters. The fourth-order valence-electron chi connectivity index (χ4n) is 2.12. The summed E-state index contributed by atoms with van der Waals surface area (Å²) in [5.41, 5.74) is -0.629. The fourth-order valence-corrected chi connectivity index (χ4v) is 2.12. The molecule has 1 saturated carbocycles. The number of aliphatic hydroxyl groups is 1. The first-order valence-corrected chi connectivity index (χ1v) is 5.11. The molecule has 0 unspecified atom stereocenters. The molecule has 1 saturated heterocycles. The second-order valence-corrected chi connectivity index (χ2v) is 4.42. The lowest BCUT2D eigenvalue weighted by Gasteiger charge is -2.46. The second-order valence-electron chi connectivity index (χ2n) is 4.42. The van der Waals surface area contributed by atoms with Gasteiger partial charge >= 0.3 is 0 Å². The van der Waals surface area contributed by atoms with Gasteiger partial charge in [-0.3, -0.25) is 4.79 Å². The van der Waals surface area contributed by atoms with Gasteiger partial charge in [-0.15, -0.1) is 0 Å². The van der Waals surface area contributed by atoms with Crippen molar-refractivity contribution in [1.29, 1.82) is 0 Å². The van der Waals surface area contributed by atoms with Crippen molar-refractivity contribution in [3.05, 3.63) is 18.0 Å². The monoisotopic (exact) mass is 208 g/mol.